The molecule has 5 rings (SSSR count). The first kappa shape index (κ1) is 14.6. The standard InChI is InChI=1S/C20H25ClO/c1-13-3-2-4-16(7-13)20(22-6-5-21)19-17-9-14-8-15(11-17)12-18(19)10-14/h2-4,7,14-15,17-18H,5-6,8-12H2,1H3. The van der Waals surface area contributed by atoms with E-state index in [0.29, 0.717) is 12.5 Å². The molecular weight excluding hydrogens is 292 g/mol. The highest BCUT2D eigenvalue weighted by atomic mass is 35.5. The Kier molecular flexibility index (Phi) is 3.94. The van der Waals surface area contributed by atoms with Gasteiger partial charge in [-0.25, -0.2) is 0 Å². The van der Waals surface area contributed by atoms with Crippen molar-refractivity contribution in [1.82, 2.24) is 0 Å². The fourth-order valence-corrected chi connectivity index (χ4v) is 5.40. The van der Waals surface area contributed by atoms with E-state index in [1.165, 1.54) is 43.2 Å². The molecule has 1 aromatic rings. The number of allylic oxidation sites excluding steroid dienone is 1. The fraction of sp³-hybridized carbons (Fsp3) is 0.600. The van der Waals surface area contributed by atoms with Gasteiger partial charge < -0.3 is 4.74 Å². The molecule has 4 aliphatic carbocycles. The molecule has 0 atom stereocenters. The molecule has 0 radical (unpaired) electrons. The first-order chi connectivity index (χ1) is 10.7. The lowest BCUT2D eigenvalue weighted by molar-refractivity contribution is 0.0668. The molecule has 4 saturated carbocycles. The fourth-order valence-electron chi connectivity index (χ4n) is 5.32. The number of benzene rings is 1. The third kappa shape index (κ3) is 2.58. The predicted octanol–water partition coefficient (Wildman–Crippen LogP) is 5.42. The van der Waals surface area contributed by atoms with Gasteiger partial charge in [0.25, 0.3) is 0 Å². The van der Waals surface area contributed by atoms with Crippen molar-refractivity contribution in [2.24, 2.45) is 23.7 Å². The first-order valence-electron chi connectivity index (χ1n) is 8.74. The van der Waals surface area contributed by atoms with Gasteiger partial charge in [0.15, 0.2) is 0 Å². The Morgan fingerprint density at radius 3 is 2.36 bits per heavy atom. The van der Waals surface area contributed by atoms with E-state index in [1.807, 2.05) is 0 Å². The van der Waals surface area contributed by atoms with Crippen LogP contribution in [0.25, 0.3) is 5.76 Å². The lowest BCUT2D eigenvalue weighted by Gasteiger charge is -2.51. The van der Waals surface area contributed by atoms with Gasteiger partial charge >= 0.3 is 0 Å². The molecule has 0 N–H and O–H groups in total. The van der Waals surface area contributed by atoms with Crippen LogP contribution in [-0.2, 0) is 4.74 Å². The molecule has 4 fully saturated rings. The SMILES string of the molecule is Cc1cccc(C(OCCCl)=C2C3CC4CC(C3)CC2C4)c1. The van der Waals surface area contributed by atoms with Crippen molar-refractivity contribution in [2.45, 2.75) is 39.0 Å². The second kappa shape index (κ2) is 5.92. The molecule has 2 heteroatoms. The highest BCUT2D eigenvalue weighted by Crippen LogP contribution is 2.57. The summed E-state index contributed by atoms with van der Waals surface area (Å²) in [5.74, 6) is 5.22. The molecule has 0 saturated heterocycles. The monoisotopic (exact) mass is 316 g/mol. The Morgan fingerprint density at radius 2 is 1.77 bits per heavy atom. The van der Waals surface area contributed by atoms with Crippen LogP contribution in [0.1, 0.15) is 43.2 Å². The van der Waals surface area contributed by atoms with E-state index in [4.69, 9.17) is 16.3 Å². The molecule has 0 unspecified atom stereocenters. The van der Waals surface area contributed by atoms with Gasteiger partial charge in [0.2, 0.25) is 0 Å². The predicted molar refractivity (Wildman–Crippen MR) is 91.8 cm³/mol. The van der Waals surface area contributed by atoms with Crippen LogP contribution in [0, 0.1) is 30.6 Å². The average molecular weight is 317 g/mol. The van der Waals surface area contributed by atoms with Crippen molar-refractivity contribution in [3.63, 3.8) is 0 Å². The third-order valence-corrected chi connectivity index (χ3v) is 6.04. The minimum absolute atomic E-state index is 0.559. The van der Waals surface area contributed by atoms with Crippen molar-refractivity contribution in [1.29, 1.82) is 0 Å². The maximum absolute atomic E-state index is 6.21. The summed E-state index contributed by atoms with van der Waals surface area (Å²) in [5.41, 5.74) is 4.18. The summed E-state index contributed by atoms with van der Waals surface area (Å²) in [5, 5.41) is 0. The Hall–Kier alpha value is -0.950. The molecule has 0 aromatic heterocycles. The molecule has 118 valence electrons. The number of hydrogen-bond donors (Lipinski definition) is 0. The molecule has 4 bridgehead atoms. The van der Waals surface area contributed by atoms with E-state index in [9.17, 15) is 0 Å². The van der Waals surface area contributed by atoms with Crippen molar-refractivity contribution in [3.05, 3.63) is 41.0 Å². The van der Waals surface area contributed by atoms with Crippen LogP contribution >= 0.6 is 11.6 Å². The number of alkyl halides is 1. The van der Waals surface area contributed by atoms with E-state index >= 15 is 0 Å². The first-order valence-corrected chi connectivity index (χ1v) is 9.28. The Balaban J connectivity index is 1.76. The number of halogens is 1. The van der Waals surface area contributed by atoms with Gasteiger partial charge in [-0.2, -0.15) is 0 Å². The van der Waals surface area contributed by atoms with Crippen LogP contribution in [-0.4, -0.2) is 12.5 Å². The Labute approximate surface area is 138 Å². The van der Waals surface area contributed by atoms with Gasteiger partial charge in [0.1, 0.15) is 12.4 Å². The lowest BCUT2D eigenvalue weighted by Crippen LogP contribution is -2.41. The number of rotatable bonds is 4. The minimum Gasteiger partial charge on any atom is -0.492 e. The van der Waals surface area contributed by atoms with Gasteiger partial charge in [0, 0.05) is 5.56 Å². The topological polar surface area (TPSA) is 9.23 Å². The number of ether oxygens (including phenoxy) is 1. The average Bonchev–Trinajstić information content (AvgIpc) is 2.49. The maximum atomic E-state index is 6.21. The summed E-state index contributed by atoms with van der Waals surface area (Å²) in [6.45, 7) is 2.77. The maximum Gasteiger partial charge on any atom is 0.126 e. The molecule has 0 spiro atoms. The van der Waals surface area contributed by atoms with Crippen LogP contribution in [0.5, 0.6) is 0 Å². The normalized spacial score (nSPS) is 32.4. The molecule has 1 aromatic carbocycles. The smallest absolute Gasteiger partial charge is 0.126 e. The summed E-state index contributed by atoms with van der Waals surface area (Å²) in [6, 6.07) is 8.77. The lowest BCUT2D eigenvalue weighted by atomic mass is 9.54. The Bertz CT molecular complexity index is 559. The van der Waals surface area contributed by atoms with E-state index in [0.717, 1.165) is 29.4 Å². The molecule has 22 heavy (non-hydrogen) atoms. The van der Waals surface area contributed by atoms with Crippen molar-refractivity contribution >= 4 is 17.4 Å². The van der Waals surface area contributed by atoms with E-state index < -0.39 is 0 Å². The van der Waals surface area contributed by atoms with Crippen LogP contribution in [0.15, 0.2) is 29.8 Å². The van der Waals surface area contributed by atoms with Crippen LogP contribution in [0.4, 0.5) is 0 Å². The van der Waals surface area contributed by atoms with Crippen molar-refractivity contribution in [2.75, 3.05) is 12.5 Å². The molecule has 0 heterocycles. The number of aryl methyl sites for hydroxylation is 1. The quantitative estimate of drug-likeness (QED) is 0.532. The Morgan fingerprint density at radius 1 is 1.09 bits per heavy atom. The van der Waals surface area contributed by atoms with Gasteiger partial charge in [-0.05, 0) is 74.3 Å². The summed E-state index contributed by atoms with van der Waals surface area (Å²) in [4.78, 5) is 0. The summed E-state index contributed by atoms with van der Waals surface area (Å²) in [6.07, 6.45) is 7.05. The van der Waals surface area contributed by atoms with Gasteiger partial charge in [-0.3, -0.25) is 0 Å². The van der Waals surface area contributed by atoms with Crippen LogP contribution < -0.4 is 0 Å². The van der Waals surface area contributed by atoms with E-state index in [-0.39, 0.29) is 0 Å². The molecule has 1 nitrogen and oxygen atoms in total. The van der Waals surface area contributed by atoms with Crippen molar-refractivity contribution in [3.8, 4) is 0 Å². The number of hydrogen-bond acceptors (Lipinski definition) is 1. The zero-order valence-corrected chi connectivity index (χ0v) is 14.1. The molecule has 0 amide bonds. The van der Waals surface area contributed by atoms with Crippen molar-refractivity contribution < 1.29 is 4.74 Å². The largest absolute Gasteiger partial charge is 0.492 e. The summed E-state index contributed by atoms with van der Waals surface area (Å²) < 4.78 is 6.21. The highest BCUT2D eigenvalue weighted by Gasteiger charge is 2.46. The van der Waals surface area contributed by atoms with Crippen LogP contribution in [0.3, 0.4) is 0 Å². The molecular formula is C20H25ClO. The summed E-state index contributed by atoms with van der Waals surface area (Å²) >= 11 is 5.91. The summed E-state index contributed by atoms with van der Waals surface area (Å²) in [7, 11) is 0. The van der Waals surface area contributed by atoms with Gasteiger partial charge in [-0.1, -0.05) is 23.8 Å². The zero-order chi connectivity index (χ0) is 15.1. The zero-order valence-electron chi connectivity index (χ0n) is 13.4. The second-order valence-electron chi connectivity index (χ2n) is 7.50. The second-order valence-corrected chi connectivity index (χ2v) is 7.87. The van der Waals surface area contributed by atoms with E-state index in [2.05, 4.69) is 31.2 Å². The minimum atomic E-state index is 0.559. The molecule has 4 aliphatic rings. The van der Waals surface area contributed by atoms with Gasteiger partial charge in [-0.15, -0.1) is 11.6 Å². The van der Waals surface area contributed by atoms with Gasteiger partial charge in [0.05, 0.1) is 5.88 Å². The van der Waals surface area contributed by atoms with E-state index in [1.54, 1.807) is 5.57 Å². The van der Waals surface area contributed by atoms with Crippen LogP contribution in [0.2, 0.25) is 0 Å². The highest BCUT2D eigenvalue weighted by molar-refractivity contribution is 6.18. The third-order valence-electron chi connectivity index (χ3n) is 5.88. The molecule has 0 aliphatic heterocycles.